The number of carboxylic acids is 1. The lowest BCUT2D eigenvalue weighted by Crippen LogP contribution is -2.53. The molecule has 0 bridgehead atoms. The van der Waals surface area contributed by atoms with Crippen LogP contribution >= 0.6 is 12.4 Å². The third-order valence-corrected chi connectivity index (χ3v) is 9.52. The number of halogens is 4. The molecule has 0 spiro atoms. The second kappa shape index (κ2) is 13.5. The van der Waals surface area contributed by atoms with Gasteiger partial charge in [-0.1, -0.05) is 24.3 Å². The van der Waals surface area contributed by atoms with Crippen LogP contribution in [0.25, 0.3) is 11.3 Å². The van der Waals surface area contributed by atoms with Crippen molar-refractivity contribution in [2.75, 3.05) is 37.5 Å². The first-order chi connectivity index (χ1) is 20.8. The highest BCUT2D eigenvalue weighted by Crippen LogP contribution is 2.60. The number of carbonyl (C=O) groups is 1. The number of aromatic carboxylic acids is 1. The number of rotatable bonds is 11. The van der Waals surface area contributed by atoms with Gasteiger partial charge >= 0.3 is 12.1 Å². The van der Waals surface area contributed by atoms with E-state index in [4.69, 9.17) is 4.74 Å². The van der Waals surface area contributed by atoms with Gasteiger partial charge in [-0.05, 0) is 69.0 Å². The van der Waals surface area contributed by atoms with Crippen molar-refractivity contribution in [2.24, 2.45) is 5.41 Å². The van der Waals surface area contributed by atoms with E-state index in [9.17, 15) is 31.5 Å². The van der Waals surface area contributed by atoms with Gasteiger partial charge in [-0.2, -0.15) is 18.2 Å². The molecule has 2 aromatic carbocycles. The van der Waals surface area contributed by atoms with Crippen LogP contribution in [0.3, 0.4) is 0 Å². The third kappa shape index (κ3) is 8.04. The summed E-state index contributed by atoms with van der Waals surface area (Å²) in [6.45, 7) is 5.99. The maximum absolute atomic E-state index is 13.4. The monoisotopic (exact) mass is 669 g/mol. The van der Waals surface area contributed by atoms with Crippen LogP contribution in [-0.4, -0.2) is 79.4 Å². The molecule has 2 aliphatic rings. The Labute approximate surface area is 265 Å². The highest BCUT2D eigenvalue weighted by molar-refractivity contribution is 7.92. The molecule has 45 heavy (non-hydrogen) atoms. The number of aromatic nitrogens is 2. The van der Waals surface area contributed by atoms with E-state index in [-0.39, 0.29) is 66.6 Å². The fourth-order valence-electron chi connectivity index (χ4n) is 5.46. The Hall–Kier alpha value is -3.46. The van der Waals surface area contributed by atoms with Crippen molar-refractivity contribution in [1.82, 2.24) is 20.2 Å². The van der Waals surface area contributed by atoms with Crippen molar-refractivity contribution in [1.29, 1.82) is 0 Å². The first-order valence-electron chi connectivity index (χ1n) is 14.2. The molecule has 0 radical (unpaired) electrons. The van der Waals surface area contributed by atoms with Crippen LogP contribution in [0.4, 0.5) is 19.1 Å². The summed E-state index contributed by atoms with van der Waals surface area (Å²) in [5.41, 5.74) is 1.25. The summed E-state index contributed by atoms with van der Waals surface area (Å²) in [6.07, 6.45) is -3.73. The number of ether oxygens (including phenoxy) is 1. The second-order valence-corrected chi connectivity index (χ2v) is 13.1. The van der Waals surface area contributed by atoms with Crippen molar-refractivity contribution in [3.63, 3.8) is 0 Å². The van der Waals surface area contributed by atoms with E-state index < -0.39 is 27.6 Å². The fourth-order valence-corrected chi connectivity index (χ4v) is 6.45. The highest BCUT2D eigenvalue weighted by Gasteiger charge is 2.62. The normalized spacial score (nSPS) is 18.1. The Morgan fingerprint density at radius 2 is 1.82 bits per heavy atom. The topological polar surface area (TPSA) is 134 Å². The molecule has 15 heteroatoms. The summed E-state index contributed by atoms with van der Waals surface area (Å²) in [6, 6.07) is 12.0. The number of nitrogens with zero attached hydrogens (tertiary/aromatic N) is 3. The molecule has 1 aliphatic carbocycles. The maximum Gasteiger partial charge on any atom is 0.394 e. The molecule has 0 amide bonds. The maximum atomic E-state index is 13.4. The molecule has 3 aromatic rings. The quantitative estimate of drug-likeness (QED) is 0.256. The van der Waals surface area contributed by atoms with Crippen LogP contribution in [0.1, 0.15) is 40.7 Å². The molecule has 2 heterocycles. The number of aryl methyl sites for hydroxylation is 2. The first kappa shape index (κ1) is 34.4. The van der Waals surface area contributed by atoms with E-state index in [0.29, 0.717) is 31.9 Å². The highest BCUT2D eigenvalue weighted by atomic mass is 35.5. The van der Waals surface area contributed by atoms with Crippen molar-refractivity contribution < 1.29 is 36.2 Å². The van der Waals surface area contributed by atoms with Crippen LogP contribution in [0.15, 0.2) is 53.4 Å². The van der Waals surface area contributed by atoms with Gasteiger partial charge < -0.3 is 20.1 Å². The lowest BCUT2D eigenvalue weighted by Gasteiger charge is -2.34. The van der Waals surface area contributed by atoms with Crippen LogP contribution in [0, 0.1) is 19.3 Å². The van der Waals surface area contributed by atoms with Crippen LogP contribution < -0.4 is 14.8 Å². The van der Waals surface area contributed by atoms with Gasteiger partial charge in [0.15, 0.2) is 0 Å². The number of piperazine rings is 1. The molecule has 3 N–H and O–H groups in total. The van der Waals surface area contributed by atoms with Crippen LogP contribution in [-0.2, 0) is 10.0 Å². The summed E-state index contributed by atoms with van der Waals surface area (Å²) >= 11 is 0. The minimum Gasteiger partial charge on any atom is -0.478 e. The number of alkyl halides is 3. The van der Waals surface area contributed by atoms with E-state index in [1.165, 1.54) is 18.2 Å². The number of hydrogen-bond donors (Lipinski definition) is 3. The van der Waals surface area contributed by atoms with E-state index in [2.05, 4.69) is 20.0 Å². The molecular formula is C30H35ClF3N5O5S. The van der Waals surface area contributed by atoms with Gasteiger partial charge in [-0.15, -0.1) is 12.4 Å². The summed E-state index contributed by atoms with van der Waals surface area (Å²) in [5.74, 6) is -1.43. The van der Waals surface area contributed by atoms with Gasteiger partial charge in [0, 0.05) is 31.3 Å². The minimum atomic E-state index is -4.26. The van der Waals surface area contributed by atoms with Gasteiger partial charge in [-0.25, -0.2) is 22.9 Å². The number of carboxylic acid groups (broad SMARTS) is 1. The zero-order valence-electron chi connectivity index (χ0n) is 24.7. The SMILES string of the molecule is Cc1cccc(C)c1-c1cc(OCC2CN(CCC3(C(F)(F)F)CC3)CCN2)nc(NS(=O)(=O)c2cccc(C(=O)O)c2)n1.Cl. The zero-order chi connectivity index (χ0) is 31.7. The van der Waals surface area contributed by atoms with E-state index >= 15 is 0 Å². The minimum absolute atomic E-state index is 0. The zero-order valence-corrected chi connectivity index (χ0v) is 26.4. The van der Waals surface area contributed by atoms with Crippen molar-refractivity contribution >= 4 is 34.3 Å². The second-order valence-electron chi connectivity index (χ2n) is 11.4. The van der Waals surface area contributed by atoms with Crippen molar-refractivity contribution in [3.8, 4) is 17.1 Å². The number of benzene rings is 2. The summed E-state index contributed by atoms with van der Waals surface area (Å²) in [4.78, 5) is 21.9. The Kier molecular flexibility index (Phi) is 10.3. The van der Waals surface area contributed by atoms with Gasteiger partial charge in [0.1, 0.15) is 6.61 Å². The molecule has 2 fully saturated rings. The Bertz CT molecular complexity index is 1630. The molecule has 1 unspecified atom stereocenters. The standard InChI is InChI=1S/C30H34F3N5O5S.ClH/c1-19-5-3-6-20(2)26(19)24-16-25(36-28(35-24)37-44(41,42)23-8-4-7-21(15-23)27(39)40)43-18-22-17-38(14-12-34-22)13-11-29(9-10-29)30(31,32)33;/h3-8,15-16,22,34H,9-14,17-18H2,1-2H3,(H,39,40)(H,35,36,37);1H. The van der Waals surface area contributed by atoms with Crippen LogP contribution in [0.5, 0.6) is 5.88 Å². The molecule has 1 aliphatic heterocycles. The number of nitrogens with one attached hydrogen (secondary N) is 2. The average Bonchev–Trinajstić information content (AvgIpc) is 3.77. The molecule has 10 nitrogen and oxygen atoms in total. The number of sulfonamides is 1. The van der Waals surface area contributed by atoms with Gasteiger partial charge in [0.05, 0.1) is 27.6 Å². The Morgan fingerprint density at radius 1 is 1.13 bits per heavy atom. The predicted octanol–water partition coefficient (Wildman–Crippen LogP) is 5.07. The summed E-state index contributed by atoms with van der Waals surface area (Å²) in [7, 11) is -4.26. The predicted molar refractivity (Wildman–Crippen MR) is 164 cm³/mol. The molecule has 5 rings (SSSR count). The lowest BCUT2D eigenvalue weighted by atomic mass is 10.00. The van der Waals surface area contributed by atoms with Gasteiger partial charge in [0.2, 0.25) is 11.8 Å². The fraction of sp³-hybridized carbons (Fsp3) is 0.433. The molecule has 1 saturated heterocycles. The lowest BCUT2D eigenvalue weighted by molar-refractivity contribution is -0.189. The summed E-state index contributed by atoms with van der Waals surface area (Å²) < 4.78 is 74.9. The molecular weight excluding hydrogens is 635 g/mol. The first-order valence-corrected chi connectivity index (χ1v) is 15.7. The molecule has 1 aromatic heterocycles. The van der Waals surface area contributed by atoms with E-state index in [0.717, 1.165) is 22.8 Å². The van der Waals surface area contributed by atoms with Gasteiger partial charge in [-0.3, -0.25) is 0 Å². The smallest absolute Gasteiger partial charge is 0.394 e. The number of hydrogen-bond acceptors (Lipinski definition) is 8. The molecule has 244 valence electrons. The molecule has 1 atom stereocenters. The Morgan fingerprint density at radius 3 is 2.47 bits per heavy atom. The number of anilines is 1. The summed E-state index contributed by atoms with van der Waals surface area (Å²) in [5, 5.41) is 12.6. The van der Waals surface area contributed by atoms with Gasteiger partial charge in [0.25, 0.3) is 10.0 Å². The van der Waals surface area contributed by atoms with Crippen molar-refractivity contribution in [3.05, 3.63) is 65.2 Å². The van der Waals surface area contributed by atoms with E-state index in [1.807, 2.05) is 36.9 Å². The third-order valence-electron chi connectivity index (χ3n) is 8.19. The van der Waals surface area contributed by atoms with E-state index in [1.54, 1.807) is 6.07 Å². The van der Waals surface area contributed by atoms with Crippen LogP contribution in [0.2, 0.25) is 0 Å². The van der Waals surface area contributed by atoms with Crippen molar-refractivity contribution in [2.45, 2.75) is 50.2 Å². The molecule has 1 saturated carbocycles. The average molecular weight is 670 g/mol. The largest absolute Gasteiger partial charge is 0.478 e. The Balaban J connectivity index is 0.00000461.